The first-order valence-electron chi connectivity index (χ1n) is 8.51. The molecule has 5 heteroatoms. The van der Waals surface area contributed by atoms with Gasteiger partial charge in [-0.05, 0) is 29.8 Å². The first-order chi connectivity index (χ1) is 12.7. The second kappa shape index (κ2) is 6.94. The zero-order chi connectivity index (χ0) is 18.0. The second-order valence-corrected chi connectivity index (χ2v) is 8.30. The van der Waals surface area contributed by atoms with E-state index in [1.165, 1.54) is 0 Å². The summed E-state index contributed by atoms with van der Waals surface area (Å²) in [5.41, 5.74) is 0.949. The van der Waals surface area contributed by atoms with Gasteiger partial charge < -0.3 is 0 Å². The third-order valence-electron chi connectivity index (χ3n) is 4.54. The number of sulfone groups is 1. The zero-order valence-electron chi connectivity index (χ0n) is 14.1. The van der Waals surface area contributed by atoms with Gasteiger partial charge in [0, 0.05) is 6.42 Å². The van der Waals surface area contributed by atoms with Crippen molar-refractivity contribution in [3.05, 3.63) is 96.6 Å². The van der Waals surface area contributed by atoms with Gasteiger partial charge in [-0.1, -0.05) is 66.7 Å². The smallest absolute Gasteiger partial charge is 0.207 e. The molecule has 0 saturated carbocycles. The standard InChI is InChI=1S/C21H19NO3S/c23-26(24,19-14-8-3-9-15-19)21-16-20(17-10-4-1-5-11-17)22(25-21)18-12-6-2-7-13-18/h1-15,20-21H,16H2/t20-,21+/m1/s1. The predicted octanol–water partition coefficient (Wildman–Crippen LogP) is 4.37. The molecule has 132 valence electrons. The molecule has 0 N–H and O–H groups in total. The maximum absolute atomic E-state index is 13.0. The van der Waals surface area contributed by atoms with Crippen LogP contribution in [0, 0.1) is 0 Å². The lowest BCUT2D eigenvalue weighted by atomic mass is 10.0. The fraction of sp³-hybridized carbons (Fsp3) is 0.143. The summed E-state index contributed by atoms with van der Waals surface area (Å²) in [5.74, 6) is 0. The maximum atomic E-state index is 13.0. The number of para-hydroxylation sites is 1. The lowest BCUT2D eigenvalue weighted by Gasteiger charge is -2.24. The molecule has 1 saturated heterocycles. The van der Waals surface area contributed by atoms with E-state index in [4.69, 9.17) is 4.84 Å². The van der Waals surface area contributed by atoms with Crippen LogP contribution in [-0.2, 0) is 14.7 Å². The van der Waals surface area contributed by atoms with Gasteiger partial charge in [0.05, 0.1) is 16.6 Å². The molecule has 4 rings (SSSR count). The normalized spacial score (nSPS) is 20.2. The Hall–Kier alpha value is -2.63. The van der Waals surface area contributed by atoms with E-state index in [-0.39, 0.29) is 10.9 Å². The van der Waals surface area contributed by atoms with Crippen molar-refractivity contribution in [1.29, 1.82) is 0 Å². The minimum absolute atomic E-state index is 0.165. The Morgan fingerprint density at radius 2 is 1.31 bits per heavy atom. The van der Waals surface area contributed by atoms with Crippen molar-refractivity contribution in [2.75, 3.05) is 5.06 Å². The van der Waals surface area contributed by atoms with E-state index in [1.807, 2.05) is 60.7 Å². The average Bonchev–Trinajstić information content (AvgIpc) is 3.16. The maximum Gasteiger partial charge on any atom is 0.207 e. The van der Waals surface area contributed by atoms with E-state index in [0.717, 1.165) is 11.3 Å². The lowest BCUT2D eigenvalue weighted by Crippen LogP contribution is -2.25. The van der Waals surface area contributed by atoms with Crippen molar-refractivity contribution >= 4 is 15.5 Å². The van der Waals surface area contributed by atoms with Gasteiger partial charge in [-0.2, -0.15) is 0 Å². The highest BCUT2D eigenvalue weighted by Gasteiger charge is 2.42. The number of hydroxylamine groups is 1. The Morgan fingerprint density at radius 1 is 0.769 bits per heavy atom. The fourth-order valence-electron chi connectivity index (χ4n) is 3.23. The van der Waals surface area contributed by atoms with Crippen LogP contribution in [0.5, 0.6) is 0 Å². The first-order valence-corrected chi connectivity index (χ1v) is 10.1. The average molecular weight is 365 g/mol. The van der Waals surface area contributed by atoms with Gasteiger partial charge in [-0.3, -0.25) is 4.84 Å². The monoisotopic (exact) mass is 365 g/mol. The molecule has 0 amide bonds. The highest BCUT2D eigenvalue weighted by Crippen LogP contribution is 2.40. The number of benzene rings is 3. The fourth-order valence-corrected chi connectivity index (χ4v) is 4.71. The molecular weight excluding hydrogens is 346 g/mol. The molecule has 0 spiro atoms. The summed E-state index contributed by atoms with van der Waals surface area (Å²) in [6, 6.07) is 27.8. The largest absolute Gasteiger partial charge is 0.253 e. The Labute approximate surface area is 153 Å². The molecule has 0 aliphatic carbocycles. The Bertz CT molecular complexity index is 912. The summed E-state index contributed by atoms with van der Waals surface area (Å²) in [6.45, 7) is 0. The molecule has 1 heterocycles. The first kappa shape index (κ1) is 16.8. The van der Waals surface area contributed by atoms with Crippen LogP contribution in [0.1, 0.15) is 18.0 Å². The van der Waals surface area contributed by atoms with E-state index in [0.29, 0.717) is 6.42 Å². The molecule has 0 bridgehead atoms. The van der Waals surface area contributed by atoms with Gasteiger partial charge in [0.15, 0.2) is 5.44 Å². The molecule has 3 aromatic carbocycles. The highest BCUT2D eigenvalue weighted by molar-refractivity contribution is 7.92. The summed E-state index contributed by atoms with van der Waals surface area (Å²) in [7, 11) is -3.58. The van der Waals surface area contributed by atoms with Crippen molar-refractivity contribution in [1.82, 2.24) is 0 Å². The van der Waals surface area contributed by atoms with Crippen molar-refractivity contribution in [2.45, 2.75) is 22.8 Å². The number of anilines is 1. The number of rotatable bonds is 4. The molecule has 3 aromatic rings. The third kappa shape index (κ3) is 3.11. The van der Waals surface area contributed by atoms with Gasteiger partial charge in [0.25, 0.3) is 0 Å². The molecule has 26 heavy (non-hydrogen) atoms. The molecule has 2 atom stereocenters. The second-order valence-electron chi connectivity index (χ2n) is 6.22. The molecule has 1 fully saturated rings. The third-order valence-corrected chi connectivity index (χ3v) is 6.44. The Morgan fingerprint density at radius 3 is 1.92 bits per heavy atom. The van der Waals surface area contributed by atoms with Crippen molar-refractivity contribution in [2.24, 2.45) is 0 Å². The van der Waals surface area contributed by atoms with Crippen LogP contribution < -0.4 is 5.06 Å². The molecule has 1 aliphatic heterocycles. The molecule has 1 aliphatic rings. The summed E-state index contributed by atoms with van der Waals surface area (Å²) in [6.07, 6.45) is 0.371. The van der Waals surface area contributed by atoms with E-state index >= 15 is 0 Å². The van der Waals surface area contributed by atoms with Crippen LogP contribution in [0.4, 0.5) is 5.69 Å². The van der Waals surface area contributed by atoms with E-state index in [9.17, 15) is 8.42 Å². The van der Waals surface area contributed by atoms with Crippen LogP contribution in [0.3, 0.4) is 0 Å². The van der Waals surface area contributed by atoms with E-state index in [1.54, 1.807) is 35.4 Å². The molecule has 0 radical (unpaired) electrons. The minimum atomic E-state index is -3.58. The van der Waals surface area contributed by atoms with Crippen LogP contribution in [0.25, 0.3) is 0 Å². The van der Waals surface area contributed by atoms with E-state index in [2.05, 4.69) is 0 Å². The van der Waals surface area contributed by atoms with Gasteiger partial charge >= 0.3 is 0 Å². The van der Waals surface area contributed by atoms with Crippen molar-refractivity contribution < 1.29 is 13.3 Å². The predicted molar refractivity (Wildman–Crippen MR) is 101 cm³/mol. The van der Waals surface area contributed by atoms with Gasteiger partial charge in [-0.15, -0.1) is 0 Å². The summed E-state index contributed by atoms with van der Waals surface area (Å²) in [5, 5.41) is 1.72. The van der Waals surface area contributed by atoms with Crippen LogP contribution in [0.15, 0.2) is 95.9 Å². The molecule has 4 nitrogen and oxygen atoms in total. The topological polar surface area (TPSA) is 46.6 Å². The Balaban J connectivity index is 1.72. The lowest BCUT2D eigenvalue weighted by molar-refractivity contribution is 0.131. The van der Waals surface area contributed by atoms with Crippen LogP contribution in [-0.4, -0.2) is 13.9 Å². The van der Waals surface area contributed by atoms with Gasteiger partial charge in [0.2, 0.25) is 9.84 Å². The number of nitrogens with zero attached hydrogens (tertiary/aromatic N) is 1. The molecule has 0 unspecified atom stereocenters. The quantitative estimate of drug-likeness (QED) is 0.689. The summed E-state index contributed by atoms with van der Waals surface area (Å²) >= 11 is 0. The summed E-state index contributed by atoms with van der Waals surface area (Å²) < 4.78 is 26.1. The van der Waals surface area contributed by atoms with Crippen molar-refractivity contribution in [3.63, 3.8) is 0 Å². The zero-order valence-corrected chi connectivity index (χ0v) is 14.9. The van der Waals surface area contributed by atoms with E-state index < -0.39 is 15.3 Å². The molecule has 0 aromatic heterocycles. The number of hydrogen-bond acceptors (Lipinski definition) is 4. The van der Waals surface area contributed by atoms with Crippen molar-refractivity contribution in [3.8, 4) is 0 Å². The minimum Gasteiger partial charge on any atom is -0.253 e. The van der Waals surface area contributed by atoms with Crippen LogP contribution >= 0.6 is 0 Å². The summed E-state index contributed by atoms with van der Waals surface area (Å²) in [4.78, 5) is 6.26. The SMILES string of the molecule is O=S(=O)(c1ccccc1)[C@H]1C[C@H](c2ccccc2)N(c2ccccc2)O1. The van der Waals surface area contributed by atoms with Gasteiger partial charge in [0.1, 0.15) is 0 Å². The van der Waals surface area contributed by atoms with Crippen LogP contribution in [0.2, 0.25) is 0 Å². The molecular formula is C21H19NO3S. The Kier molecular flexibility index (Phi) is 4.49. The highest BCUT2D eigenvalue weighted by atomic mass is 32.2. The number of hydrogen-bond donors (Lipinski definition) is 0. The van der Waals surface area contributed by atoms with Gasteiger partial charge in [-0.25, -0.2) is 13.5 Å².